The highest BCUT2D eigenvalue weighted by molar-refractivity contribution is 6.10. The maximum absolute atomic E-state index is 12.0. The fraction of sp³-hybridized carbons (Fsp3) is 0.143. The molecule has 2 aromatic carbocycles. The second kappa shape index (κ2) is 6.06. The van der Waals surface area contributed by atoms with Crippen LogP contribution in [0.2, 0.25) is 0 Å². The first kappa shape index (κ1) is 15.4. The molecule has 0 saturated heterocycles. The zero-order valence-electron chi connectivity index (χ0n) is 14.2. The number of hydrogen-bond donors (Lipinski definition) is 0. The van der Waals surface area contributed by atoms with Crippen LogP contribution in [0, 0.1) is 6.92 Å². The van der Waals surface area contributed by atoms with E-state index in [4.69, 9.17) is 4.74 Å². The minimum absolute atomic E-state index is 0.343. The van der Waals surface area contributed by atoms with Crippen LogP contribution in [-0.2, 0) is 11.3 Å². The van der Waals surface area contributed by atoms with Crippen molar-refractivity contribution in [2.45, 2.75) is 13.5 Å². The number of ether oxygens (including phenoxy) is 1. The van der Waals surface area contributed by atoms with Gasteiger partial charge in [-0.1, -0.05) is 48.5 Å². The first-order chi connectivity index (χ1) is 12.2. The number of esters is 1. The van der Waals surface area contributed by atoms with Gasteiger partial charge in [0.2, 0.25) is 0 Å². The molecule has 4 rings (SSSR count). The average Bonchev–Trinajstić information content (AvgIpc) is 2.96. The van der Waals surface area contributed by atoms with Crippen LogP contribution >= 0.6 is 0 Å². The number of carbonyl (C=O) groups is 1. The van der Waals surface area contributed by atoms with E-state index in [-0.39, 0.29) is 0 Å². The molecule has 25 heavy (non-hydrogen) atoms. The van der Waals surface area contributed by atoms with Gasteiger partial charge in [0, 0.05) is 22.8 Å². The molecule has 0 spiro atoms. The van der Waals surface area contributed by atoms with Crippen LogP contribution in [0.1, 0.15) is 21.7 Å². The number of fused-ring (bicyclic) bond motifs is 3. The lowest BCUT2D eigenvalue weighted by Gasteiger charge is -2.10. The van der Waals surface area contributed by atoms with Crippen molar-refractivity contribution in [2.75, 3.05) is 7.11 Å². The Hall–Kier alpha value is -3.14. The van der Waals surface area contributed by atoms with Gasteiger partial charge in [-0.25, -0.2) is 9.78 Å². The summed E-state index contributed by atoms with van der Waals surface area (Å²) in [6, 6.07) is 20.4. The molecule has 4 heteroatoms. The van der Waals surface area contributed by atoms with Gasteiger partial charge in [0.25, 0.3) is 0 Å². The van der Waals surface area contributed by atoms with E-state index in [9.17, 15) is 4.79 Å². The second-order valence-corrected chi connectivity index (χ2v) is 6.07. The highest BCUT2D eigenvalue weighted by atomic mass is 16.5. The summed E-state index contributed by atoms with van der Waals surface area (Å²) in [5, 5.41) is 2.14. The number of para-hydroxylation sites is 1. The largest absolute Gasteiger partial charge is 0.464 e. The van der Waals surface area contributed by atoms with Gasteiger partial charge in [0.05, 0.1) is 18.3 Å². The van der Waals surface area contributed by atoms with Crippen molar-refractivity contribution >= 4 is 27.8 Å². The van der Waals surface area contributed by atoms with E-state index in [1.807, 2.05) is 43.3 Å². The summed E-state index contributed by atoms with van der Waals surface area (Å²) in [5.74, 6) is -0.412. The topological polar surface area (TPSA) is 44.1 Å². The number of aromatic nitrogens is 2. The molecule has 124 valence electrons. The van der Waals surface area contributed by atoms with Crippen LogP contribution in [0.25, 0.3) is 21.8 Å². The lowest BCUT2D eigenvalue weighted by molar-refractivity contribution is 0.0594. The SMILES string of the molecule is COC(=O)c1cc2c3ccccc3n(Cc3ccccc3)c2c(C)n1. The standard InChI is InChI=1S/C21H18N2O2/c1-14-20-17(12-18(22-14)21(24)25-2)16-10-6-7-11-19(16)23(20)13-15-8-4-3-5-9-15/h3-12H,13H2,1-2H3. The summed E-state index contributed by atoms with van der Waals surface area (Å²) < 4.78 is 7.11. The third-order valence-corrected chi connectivity index (χ3v) is 4.50. The summed E-state index contributed by atoms with van der Waals surface area (Å²) in [7, 11) is 1.38. The predicted molar refractivity (Wildman–Crippen MR) is 98.9 cm³/mol. The molecule has 4 nitrogen and oxygen atoms in total. The minimum Gasteiger partial charge on any atom is -0.464 e. The maximum atomic E-state index is 12.0. The molecule has 0 bridgehead atoms. The van der Waals surface area contributed by atoms with Crippen molar-refractivity contribution in [1.82, 2.24) is 9.55 Å². The number of pyridine rings is 1. The van der Waals surface area contributed by atoms with Gasteiger partial charge in [0.1, 0.15) is 5.69 Å². The minimum atomic E-state index is -0.412. The zero-order chi connectivity index (χ0) is 17.4. The Morgan fingerprint density at radius 1 is 1.04 bits per heavy atom. The summed E-state index contributed by atoms with van der Waals surface area (Å²) >= 11 is 0. The van der Waals surface area contributed by atoms with Crippen LogP contribution in [0.15, 0.2) is 60.7 Å². The molecular weight excluding hydrogens is 312 g/mol. The third-order valence-electron chi connectivity index (χ3n) is 4.50. The first-order valence-corrected chi connectivity index (χ1v) is 8.20. The van der Waals surface area contributed by atoms with E-state index in [1.165, 1.54) is 12.7 Å². The molecule has 0 saturated carbocycles. The molecule has 0 radical (unpaired) electrons. The Balaban J connectivity index is 2.02. The van der Waals surface area contributed by atoms with Gasteiger partial charge < -0.3 is 9.30 Å². The van der Waals surface area contributed by atoms with E-state index in [2.05, 4.69) is 33.8 Å². The normalized spacial score (nSPS) is 11.1. The Morgan fingerprint density at radius 3 is 2.52 bits per heavy atom. The lowest BCUT2D eigenvalue weighted by Crippen LogP contribution is -2.07. The van der Waals surface area contributed by atoms with Gasteiger partial charge in [-0.05, 0) is 24.6 Å². The Kier molecular flexibility index (Phi) is 3.73. The summed E-state index contributed by atoms with van der Waals surface area (Å²) in [5.41, 5.74) is 4.58. The van der Waals surface area contributed by atoms with Gasteiger partial charge in [-0.3, -0.25) is 0 Å². The molecule has 2 aromatic heterocycles. The smallest absolute Gasteiger partial charge is 0.356 e. The number of aryl methyl sites for hydroxylation is 1. The predicted octanol–water partition coefficient (Wildman–Crippen LogP) is 4.33. The van der Waals surface area contributed by atoms with Crippen molar-refractivity contribution in [3.8, 4) is 0 Å². The van der Waals surface area contributed by atoms with Crippen LogP contribution in [0.4, 0.5) is 0 Å². The monoisotopic (exact) mass is 330 g/mol. The van der Waals surface area contributed by atoms with E-state index in [0.717, 1.165) is 34.0 Å². The van der Waals surface area contributed by atoms with E-state index >= 15 is 0 Å². The van der Waals surface area contributed by atoms with Crippen molar-refractivity contribution in [3.63, 3.8) is 0 Å². The van der Waals surface area contributed by atoms with Crippen molar-refractivity contribution in [2.24, 2.45) is 0 Å². The number of carbonyl (C=O) groups excluding carboxylic acids is 1. The molecule has 2 heterocycles. The summed E-state index contributed by atoms with van der Waals surface area (Å²) in [4.78, 5) is 16.4. The second-order valence-electron chi connectivity index (χ2n) is 6.07. The van der Waals surface area contributed by atoms with E-state index in [1.54, 1.807) is 0 Å². The first-order valence-electron chi connectivity index (χ1n) is 8.20. The van der Waals surface area contributed by atoms with Gasteiger partial charge in [-0.15, -0.1) is 0 Å². The number of hydrogen-bond acceptors (Lipinski definition) is 3. The fourth-order valence-electron chi connectivity index (χ4n) is 3.41. The van der Waals surface area contributed by atoms with E-state index in [0.29, 0.717) is 5.69 Å². The highest BCUT2D eigenvalue weighted by Crippen LogP contribution is 2.31. The molecule has 0 aliphatic carbocycles. The lowest BCUT2D eigenvalue weighted by atomic mass is 10.1. The van der Waals surface area contributed by atoms with Gasteiger partial charge in [-0.2, -0.15) is 0 Å². The molecule has 0 unspecified atom stereocenters. The molecule has 0 amide bonds. The summed E-state index contributed by atoms with van der Waals surface area (Å²) in [6.07, 6.45) is 0. The van der Waals surface area contributed by atoms with Crippen molar-refractivity contribution in [3.05, 3.63) is 77.6 Å². The van der Waals surface area contributed by atoms with Crippen LogP contribution in [0.5, 0.6) is 0 Å². The Bertz CT molecular complexity index is 1080. The third kappa shape index (κ3) is 2.56. The molecule has 0 N–H and O–H groups in total. The molecule has 0 fully saturated rings. The van der Waals surface area contributed by atoms with Crippen LogP contribution in [0.3, 0.4) is 0 Å². The van der Waals surface area contributed by atoms with Crippen molar-refractivity contribution in [1.29, 1.82) is 0 Å². The molecular formula is C21H18N2O2. The van der Waals surface area contributed by atoms with Gasteiger partial charge in [0.15, 0.2) is 0 Å². The number of benzene rings is 2. The molecule has 0 aliphatic heterocycles. The summed E-state index contributed by atoms with van der Waals surface area (Å²) in [6.45, 7) is 2.69. The quantitative estimate of drug-likeness (QED) is 0.525. The molecule has 4 aromatic rings. The maximum Gasteiger partial charge on any atom is 0.356 e. The van der Waals surface area contributed by atoms with Gasteiger partial charge >= 0.3 is 5.97 Å². The fourth-order valence-corrected chi connectivity index (χ4v) is 3.41. The Morgan fingerprint density at radius 2 is 1.76 bits per heavy atom. The number of rotatable bonds is 3. The highest BCUT2D eigenvalue weighted by Gasteiger charge is 2.17. The van der Waals surface area contributed by atoms with Crippen LogP contribution in [-0.4, -0.2) is 22.6 Å². The molecule has 0 atom stereocenters. The van der Waals surface area contributed by atoms with Crippen LogP contribution < -0.4 is 0 Å². The van der Waals surface area contributed by atoms with E-state index < -0.39 is 5.97 Å². The number of methoxy groups -OCH3 is 1. The van der Waals surface area contributed by atoms with Crippen molar-refractivity contribution < 1.29 is 9.53 Å². The number of nitrogens with zero attached hydrogens (tertiary/aromatic N) is 2. The zero-order valence-corrected chi connectivity index (χ0v) is 14.2. The average molecular weight is 330 g/mol. The Labute approximate surface area is 145 Å². The molecule has 0 aliphatic rings.